The van der Waals surface area contributed by atoms with Crippen LogP contribution in [0, 0.1) is 23.7 Å². The first-order valence-corrected chi connectivity index (χ1v) is 16.5. The van der Waals surface area contributed by atoms with E-state index in [0.717, 1.165) is 5.57 Å². The molecule has 10 heteroatoms. The number of benzene rings is 3. The number of imide groups is 2. The molecule has 0 aromatic heterocycles. The Balaban J connectivity index is 1.53. The van der Waals surface area contributed by atoms with Crippen LogP contribution in [0.5, 0.6) is 17.2 Å². The van der Waals surface area contributed by atoms with E-state index < -0.39 is 52.4 Å². The number of carbonyl (C=O) groups is 4. The van der Waals surface area contributed by atoms with Crippen LogP contribution in [0.1, 0.15) is 50.7 Å². The molecule has 0 radical (unpaired) electrons. The van der Waals surface area contributed by atoms with Gasteiger partial charge >= 0.3 is 0 Å². The van der Waals surface area contributed by atoms with Crippen molar-refractivity contribution in [2.75, 3.05) is 19.1 Å². The van der Waals surface area contributed by atoms with E-state index in [1.165, 1.54) is 24.0 Å². The van der Waals surface area contributed by atoms with Crippen molar-refractivity contribution in [3.8, 4) is 17.2 Å². The van der Waals surface area contributed by atoms with Gasteiger partial charge in [0.1, 0.15) is 0 Å². The van der Waals surface area contributed by atoms with Gasteiger partial charge in [0.15, 0.2) is 11.5 Å². The van der Waals surface area contributed by atoms with Gasteiger partial charge in [-0.3, -0.25) is 24.1 Å². The smallest absolute Gasteiger partial charge is 0.246 e. The first kappa shape index (κ1) is 31.9. The van der Waals surface area contributed by atoms with Gasteiger partial charge < -0.3 is 14.6 Å². The molecule has 1 saturated carbocycles. The first-order chi connectivity index (χ1) is 22.9. The Morgan fingerprint density at radius 3 is 2.12 bits per heavy atom. The highest BCUT2D eigenvalue weighted by atomic mass is 35.5. The number of amides is 4. The topological polar surface area (TPSA) is 113 Å². The summed E-state index contributed by atoms with van der Waals surface area (Å²) < 4.78 is 11.2. The van der Waals surface area contributed by atoms with Crippen LogP contribution in [0.3, 0.4) is 0 Å². The number of allylic oxidation sites excluding steroid dienone is 2. The van der Waals surface area contributed by atoms with Crippen LogP contribution < -0.4 is 14.4 Å². The highest BCUT2D eigenvalue weighted by Crippen LogP contribution is 2.65. The maximum absolute atomic E-state index is 15.3. The predicted octanol–water partition coefficient (Wildman–Crippen LogP) is 6.02. The summed E-state index contributed by atoms with van der Waals surface area (Å²) in [6.07, 6.45) is 2.50. The summed E-state index contributed by atoms with van der Waals surface area (Å²) in [5, 5.41) is 11.3. The number of carbonyl (C=O) groups excluding carboxylic acids is 4. The lowest BCUT2D eigenvalue weighted by atomic mass is 9.49. The summed E-state index contributed by atoms with van der Waals surface area (Å²) in [5.74, 6) is -4.72. The van der Waals surface area contributed by atoms with Gasteiger partial charge in [-0.15, -0.1) is 0 Å². The molecule has 2 saturated heterocycles. The molecule has 7 rings (SSSR count). The van der Waals surface area contributed by atoms with Crippen LogP contribution >= 0.6 is 11.6 Å². The van der Waals surface area contributed by atoms with Crippen LogP contribution in [0.15, 0.2) is 78.4 Å². The van der Waals surface area contributed by atoms with Gasteiger partial charge in [-0.05, 0) is 81.0 Å². The molecule has 3 aromatic rings. The monoisotopic (exact) mass is 668 g/mol. The number of phenolic OH excluding ortho intramolecular Hbond substituents is 1. The molecule has 4 aliphatic rings. The zero-order valence-corrected chi connectivity index (χ0v) is 28.2. The van der Waals surface area contributed by atoms with E-state index in [1.807, 2.05) is 57.2 Å². The Labute approximate surface area is 284 Å². The number of rotatable bonds is 5. The van der Waals surface area contributed by atoms with Crippen molar-refractivity contribution in [2.45, 2.75) is 50.5 Å². The maximum atomic E-state index is 15.3. The lowest BCUT2D eigenvalue weighted by Gasteiger charge is -2.50. The average Bonchev–Trinajstić information content (AvgIpc) is 3.46. The molecule has 6 atom stereocenters. The van der Waals surface area contributed by atoms with Crippen molar-refractivity contribution >= 4 is 40.9 Å². The minimum Gasteiger partial charge on any atom is -0.502 e. The Hall–Kier alpha value is -4.63. The van der Waals surface area contributed by atoms with Gasteiger partial charge in [0, 0.05) is 16.5 Å². The highest BCUT2D eigenvalue weighted by molar-refractivity contribution is 6.32. The zero-order valence-electron chi connectivity index (χ0n) is 27.4. The van der Waals surface area contributed by atoms with E-state index in [9.17, 15) is 19.5 Å². The number of likely N-dealkylation sites (tertiary alicyclic amines) is 1. The molecule has 6 unspecified atom stereocenters. The Bertz CT molecular complexity index is 1880. The van der Waals surface area contributed by atoms with E-state index in [-0.39, 0.29) is 35.5 Å². The standard InChI is InChI=1S/C38H37ClN2O7/c1-37(2,3)41-33(43)25-15-14-24-26(30(25)35(41)45)19-27-34(44)40(23-13-9-12-22(39)18-23)36(46)38(27,21-10-7-6-8-11-21)31(24)20-16-28(47-4)32(42)29(17-20)48-5/h6-14,16-18,25-27,30-31,42H,15,19H2,1-5H3. The van der Waals surface area contributed by atoms with E-state index in [2.05, 4.69) is 0 Å². The lowest BCUT2D eigenvalue weighted by molar-refractivity contribution is -0.145. The zero-order chi connectivity index (χ0) is 34.3. The van der Waals surface area contributed by atoms with Gasteiger partial charge in [0.05, 0.1) is 43.1 Å². The Morgan fingerprint density at radius 2 is 1.52 bits per heavy atom. The SMILES string of the molecule is COc1cc(C2C3=CCC4C(=O)N(C(C)(C)C)C(=O)C4C3CC3C(=O)N(c4cccc(Cl)c4)C(=O)C32c2ccccc2)cc(OC)c1O. The fourth-order valence-electron chi connectivity index (χ4n) is 8.86. The average molecular weight is 669 g/mol. The normalized spacial score (nSPS) is 28.2. The molecule has 0 spiro atoms. The van der Waals surface area contributed by atoms with Crippen LogP contribution in [0.4, 0.5) is 5.69 Å². The molecule has 9 nitrogen and oxygen atoms in total. The third-order valence-electron chi connectivity index (χ3n) is 10.7. The summed E-state index contributed by atoms with van der Waals surface area (Å²) in [4.78, 5) is 60.9. The molecule has 3 fully saturated rings. The van der Waals surface area contributed by atoms with E-state index in [4.69, 9.17) is 21.1 Å². The summed E-state index contributed by atoms with van der Waals surface area (Å²) in [6, 6.07) is 19.2. The molecule has 48 heavy (non-hydrogen) atoms. The van der Waals surface area contributed by atoms with Crippen molar-refractivity contribution in [3.63, 3.8) is 0 Å². The number of hydrogen-bond donors (Lipinski definition) is 1. The van der Waals surface area contributed by atoms with Gasteiger partial charge in [-0.2, -0.15) is 0 Å². The fourth-order valence-corrected chi connectivity index (χ4v) is 9.04. The largest absolute Gasteiger partial charge is 0.502 e. The number of ether oxygens (including phenoxy) is 2. The molecular formula is C38H37ClN2O7. The highest BCUT2D eigenvalue weighted by Gasteiger charge is 2.70. The molecule has 248 valence electrons. The molecule has 2 aliphatic heterocycles. The molecule has 2 heterocycles. The van der Waals surface area contributed by atoms with Gasteiger partial charge in [-0.25, -0.2) is 4.90 Å². The van der Waals surface area contributed by atoms with Crippen molar-refractivity contribution < 1.29 is 33.8 Å². The minimum absolute atomic E-state index is 0.134. The lowest BCUT2D eigenvalue weighted by Crippen LogP contribution is -2.53. The van der Waals surface area contributed by atoms with Crippen LogP contribution in [0.2, 0.25) is 5.02 Å². The first-order valence-electron chi connectivity index (χ1n) is 16.1. The number of hydrogen-bond acceptors (Lipinski definition) is 7. The number of methoxy groups -OCH3 is 2. The van der Waals surface area contributed by atoms with Gasteiger partial charge in [0.2, 0.25) is 29.4 Å². The van der Waals surface area contributed by atoms with E-state index >= 15 is 4.79 Å². The second-order valence-electron chi connectivity index (χ2n) is 14.1. The number of phenols is 1. The predicted molar refractivity (Wildman–Crippen MR) is 179 cm³/mol. The summed E-state index contributed by atoms with van der Waals surface area (Å²) in [6.45, 7) is 5.53. The van der Waals surface area contributed by atoms with Crippen molar-refractivity contribution in [2.24, 2.45) is 23.7 Å². The molecule has 4 amide bonds. The van der Waals surface area contributed by atoms with Gasteiger partial charge in [-0.1, -0.05) is 59.6 Å². The summed E-state index contributed by atoms with van der Waals surface area (Å²) >= 11 is 6.39. The Kier molecular flexibility index (Phi) is 7.47. The fraction of sp³-hybridized carbons (Fsp3) is 0.368. The number of anilines is 1. The number of nitrogens with zero attached hydrogens (tertiary/aromatic N) is 2. The number of aromatic hydroxyl groups is 1. The van der Waals surface area contributed by atoms with E-state index in [1.54, 1.807) is 36.4 Å². The second-order valence-corrected chi connectivity index (χ2v) is 14.5. The quantitative estimate of drug-likeness (QED) is 0.261. The third kappa shape index (κ3) is 4.36. The minimum atomic E-state index is -1.46. The number of halogens is 1. The van der Waals surface area contributed by atoms with Crippen molar-refractivity contribution in [3.05, 3.63) is 94.5 Å². The molecule has 3 aromatic carbocycles. The van der Waals surface area contributed by atoms with Gasteiger partial charge in [0.25, 0.3) is 0 Å². The van der Waals surface area contributed by atoms with Crippen molar-refractivity contribution in [1.29, 1.82) is 0 Å². The maximum Gasteiger partial charge on any atom is 0.246 e. The number of fused-ring (bicyclic) bond motifs is 4. The van der Waals surface area contributed by atoms with Crippen LogP contribution in [-0.2, 0) is 24.6 Å². The molecular weight excluding hydrogens is 632 g/mol. The van der Waals surface area contributed by atoms with Crippen LogP contribution in [0.25, 0.3) is 0 Å². The second kappa shape index (κ2) is 11.2. The Morgan fingerprint density at radius 1 is 0.854 bits per heavy atom. The molecule has 1 N–H and O–H groups in total. The summed E-state index contributed by atoms with van der Waals surface area (Å²) in [7, 11) is 2.86. The third-order valence-corrected chi connectivity index (χ3v) is 10.9. The molecule has 2 aliphatic carbocycles. The molecule has 0 bridgehead atoms. The van der Waals surface area contributed by atoms with Crippen LogP contribution in [-0.4, -0.2) is 53.4 Å². The summed E-state index contributed by atoms with van der Waals surface area (Å²) in [5.41, 5.74) is 0.176. The van der Waals surface area contributed by atoms with Crippen molar-refractivity contribution in [1.82, 2.24) is 4.90 Å². The van der Waals surface area contributed by atoms with E-state index in [0.29, 0.717) is 28.3 Å².